The van der Waals surface area contributed by atoms with Crippen molar-refractivity contribution < 1.29 is 22.7 Å². The number of esters is 1. The van der Waals surface area contributed by atoms with Crippen molar-refractivity contribution in [3.63, 3.8) is 0 Å². The second-order valence-electron chi connectivity index (χ2n) is 4.10. The molecular formula is C11H20F3NO2. The highest BCUT2D eigenvalue weighted by Crippen LogP contribution is 2.21. The van der Waals surface area contributed by atoms with E-state index in [-0.39, 0.29) is 0 Å². The Labute approximate surface area is 99.7 Å². The first-order valence-electron chi connectivity index (χ1n) is 5.70. The predicted octanol–water partition coefficient (Wildman–Crippen LogP) is 2.65. The van der Waals surface area contributed by atoms with Crippen molar-refractivity contribution in [1.82, 2.24) is 5.32 Å². The van der Waals surface area contributed by atoms with E-state index in [1.54, 1.807) is 0 Å². The molecule has 0 aliphatic heterocycles. The molecule has 0 saturated carbocycles. The third-order valence-corrected chi connectivity index (χ3v) is 2.36. The second-order valence-corrected chi connectivity index (χ2v) is 4.10. The number of methoxy groups -OCH3 is 1. The van der Waals surface area contributed by atoms with E-state index < -0.39 is 30.7 Å². The first-order valence-corrected chi connectivity index (χ1v) is 5.70. The molecule has 0 saturated heterocycles. The fraction of sp³-hybridized carbons (Fsp3) is 0.909. The molecule has 0 spiro atoms. The lowest BCUT2D eigenvalue weighted by molar-refractivity contribution is -0.148. The Morgan fingerprint density at radius 1 is 1.41 bits per heavy atom. The minimum absolute atomic E-state index is 0.491. The van der Waals surface area contributed by atoms with E-state index in [1.807, 2.05) is 6.92 Å². The number of alkyl halides is 3. The molecule has 0 radical (unpaired) electrons. The molecule has 3 nitrogen and oxygen atoms in total. The van der Waals surface area contributed by atoms with Crippen molar-refractivity contribution in [2.24, 2.45) is 0 Å². The molecule has 0 aromatic rings. The number of hydrogen-bond acceptors (Lipinski definition) is 3. The number of rotatable bonds is 7. The fourth-order valence-corrected chi connectivity index (χ4v) is 1.57. The number of nitrogens with one attached hydrogen (secondary N) is 1. The molecule has 17 heavy (non-hydrogen) atoms. The van der Waals surface area contributed by atoms with E-state index in [9.17, 15) is 18.0 Å². The topological polar surface area (TPSA) is 38.3 Å². The van der Waals surface area contributed by atoms with Crippen molar-refractivity contribution >= 4 is 5.97 Å². The molecule has 2 unspecified atom stereocenters. The fourth-order valence-electron chi connectivity index (χ4n) is 1.57. The number of carbonyl (C=O) groups is 1. The van der Waals surface area contributed by atoms with Crippen LogP contribution in [-0.2, 0) is 9.53 Å². The van der Waals surface area contributed by atoms with Gasteiger partial charge in [-0.3, -0.25) is 4.79 Å². The molecule has 0 rings (SSSR count). The van der Waals surface area contributed by atoms with Gasteiger partial charge in [-0.25, -0.2) is 0 Å². The van der Waals surface area contributed by atoms with Crippen molar-refractivity contribution in [3.05, 3.63) is 0 Å². The molecule has 2 atom stereocenters. The summed E-state index contributed by atoms with van der Waals surface area (Å²) in [6.07, 6.45) is -3.04. The lowest BCUT2D eigenvalue weighted by Crippen LogP contribution is -2.44. The standard InChI is InChI=1S/C11H20F3NO2/c1-4-5-6-9(10(16)17-3)15-8(2)7-11(12,13)14/h8-9,15H,4-7H2,1-3H3. The van der Waals surface area contributed by atoms with E-state index in [1.165, 1.54) is 14.0 Å². The van der Waals surface area contributed by atoms with Crippen molar-refractivity contribution in [3.8, 4) is 0 Å². The average Bonchev–Trinajstić information content (AvgIpc) is 2.20. The summed E-state index contributed by atoms with van der Waals surface area (Å²) < 4.78 is 41.0. The molecule has 0 fully saturated rings. The van der Waals surface area contributed by atoms with Gasteiger partial charge in [0.15, 0.2) is 0 Å². The summed E-state index contributed by atoms with van der Waals surface area (Å²) in [5.41, 5.74) is 0. The van der Waals surface area contributed by atoms with E-state index in [2.05, 4.69) is 10.1 Å². The van der Waals surface area contributed by atoms with Crippen LogP contribution in [0, 0.1) is 0 Å². The van der Waals surface area contributed by atoms with Gasteiger partial charge < -0.3 is 10.1 Å². The monoisotopic (exact) mass is 255 g/mol. The van der Waals surface area contributed by atoms with Gasteiger partial charge in [0, 0.05) is 6.04 Å². The number of hydrogen-bond donors (Lipinski definition) is 1. The zero-order valence-electron chi connectivity index (χ0n) is 10.4. The molecule has 0 heterocycles. The third kappa shape index (κ3) is 8.01. The molecule has 0 amide bonds. The van der Waals surface area contributed by atoms with E-state index in [0.29, 0.717) is 6.42 Å². The van der Waals surface area contributed by atoms with Crippen molar-refractivity contribution in [2.45, 2.75) is 57.8 Å². The molecular weight excluding hydrogens is 235 g/mol. The van der Waals surface area contributed by atoms with Crippen LogP contribution in [0.1, 0.15) is 39.5 Å². The Balaban J connectivity index is 4.26. The van der Waals surface area contributed by atoms with Crippen LogP contribution < -0.4 is 5.32 Å². The molecule has 0 aliphatic carbocycles. The van der Waals surface area contributed by atoms with Gasteiger partial charge >= 0.3 is 12.1 Å². The highest BCUT2D eigenvalue weighted by atomic mass is 19.4. The van der Waals surface area contributed by atoms with E-state index in [0.717, 1.165) is 12.8 Å². The van der Waals surface area contributed by atoms with Crippen LogP contribution in [0.25, 0.3) is 0 Å². The number of unbranched alkanes of at least 4 members (excludes halogenated alkanes) is 1. The Morgan fingerprint density at radius 2 is 2.00 bits per heavy atom. The molecule has 102 valence electrons. The van der Waals surface area contributed by atoms with E-state index >= 15 is 0 Å². The van der Waals surface area contributed by atoms with E-state index in [4.69, 9.17) is 0 Å². The van der Waals surface area contributed by atoms with Crippen LogP contribution >= 0.6 is 0 Å². The van der Waals surface area contributed by atoms with Crippen LogP contribution in [0.3, 0.4) is 0 Å². The van der Waals surface area contributed by atoms with Crippen LogP contribution in [0.15, 0.2) is 0 Å². The van der Waals surface area contributed by atoms with Gasteiger partial charge in [0.1, 0.15) is 6.04 Å². The maximum Gasteiger partial charge on any atom is 0.390 e. The van der Waals surface area contributed by atoms with Gasteiger partial charge in [0.2, 0.25) is 0 Å². The number of halogens is 3. The van der Waals surface area contributed by atoms with Crippen LogP contribution in [-0.4, -0.2) is 31.3 Å². The minimum atomic E-state index is -4.22. The quantitative estimate of drug-likeness (QED) is 0.711. The Morgan fingerprint density at radius 3 is 2.41 bits per heavy atom. The highest BCUT2D eigenvalue weighted by Gasteiger charge is 2.31. The first-order chi connectivity index (χ1) is 7.80. The maximum atomic E-state index is 12.1. The zero-order valence-corrected chi connectivity index (χ0v) is 10.4. The maximum absolute atomic E-state index is 12.1. The SMILES string of the molecule is CCCCC(NC(C)CC(F)(F)F)C(=O)OC. The molecule has 0 bridgehead atoms. The summed E-state index contributed by atoms with van der Waals surface area (Å²) in [7, 11) is 1.23. The van der Waals surface area contributed by atoms with Crippen LogP contribution in [0.2, 0.25) is 0 Å². The van der Waals surface area contributed by atoms with Crippen LogP contribution in [0.5, 0.6) is 0 Å². The summed E-state index contributed by atoms with van der Waals surface area (Å²) in [5, 5.41) is 2.66. The highest BCUT2D eigenvalue weighted by molar-refractivity contribution is 5.75. The lowest BCUT2D eigenvalue weighted by atomic mass is 10.1. The van der Waals surface area contributed by atoms with Crippen molar-refractivity contribution in [1.29, 1.82) is 0 Å². The van der Waals surface area contributed by atoms with Gasteiger partial charge in [-0.15, -0.1) is 0 Å². The van der Waals surface area contributed by atoms with Gasteiger partial charge in [-0.1, -0.05) is 19.8 Å². The predicted molar refractivity (Wildman–Crippen MR) is 58.6 cm³/mol. The molecule has 1 N–H and O–H groups in total. The average molecular weight is 255 g/mol. The molecule has 6 heteroatoms. The molecule has 0 aromatic carbocycles. The number of carbonyl (C=O) groups excluding carboxylic acids is 1. The summed E-state index contributed by atoms with van der Waals surface area (Å²) in [6, 6.07) is -1.45. The summed E-state index contributed by atoms with van der Waals surface area (Å²) in [6.45, 7) is 3.36. The van der Waals surface area contributed by atoms with Gasteiger partial charge in [0.25, 0.3) is 0 Å². The second kappa shape index (κ2) is 7.53. The minimum Gasteiger partial charge on any atom is -0.468 e. The van der Waals surface area contributed by atoms with Gasteiger partial charge in [-0.2, -0.15) is 13.2 Å². The normalized spacial score (nSPS) is 15.4. The van der Waals surface area contributed by atoms with Gasteiger partial charge in [0.05, 0.1) is 13.5 Å². The Bertz CT molecular complexity index is 231. The lowest BCUT2D eigenvalue weighted by Gasteiger charge is -2.22. The first kappa shape index (κ1) is 16.2. The summed E-state index contributed by atoms with van der Waals surface area (Å²) in [5.74, 6) is -0.507. The van der Waals surface area contributed by atoms with Crippen molar-refractivity contribution in [2.75, 3.05) is 7.11 Å². The Hall–Kier alpha value is -0.780. The summed E-state index contributed by atoms with van der Waals surface area (Å²) >= 11 is 0. The molecule has 0 aromatic heterocycles. The zero-order chi connectivity index (χ0) is 13.5. The largest absolute Gasteiger partial charge is 0.468 e. The Kier molecular flexibility index (Phi) is 7.18. The summed E-state index contributed by atoms with van der Waals surface area (Å²) in [4.78, 5) is 11.4. The number of ether oxygens (including phenoxy) is 1. The van der Waals surface area contributed by atoms with Gasteiger partial charge in [-0.05, 0) is 13.3 Å². The molecule has 0 aliphatic rings. The third-order valence-electron chi connectivity index (χ3n) is 2.36. The smallest absolute Gasteiger partial charge is 0.390 e. The van der Waals surface area contributed by atoms with Crippen LogP contribution in [0.4, 0.5) is 13.2 Å².